The van der Waals surface area contributed by atoms with Crippen LogP contribution < -0.4 is 10.1 Å². The van der Waals surface area contributed by atoms with E-state index >= 15 is 0 Å². The summed E-state index contributed by atoms with van der Waals surface area (Å²) >= 11 is 0. The number of fused-ring (bicyclic) bond motifs is 1. The van der Waals surface area contributed by atoms with E-state index in [1.54, 1.807) is 12.0 Å². The van der Waals surface area contributed by atoms with Gasteiger partial charge in [-0.05, 0) is 60.7 Å². The van der Waals surface area contributed by atoms with E-state index in [0.717, 1.165) is 29.5 Å². The highest BCUT2D eigenvalue weighted by molar-refractivity contribution is 5.91. The SMILES string of the molecule is COc1ccccc1NC(=O)N1CCC[C@@H]1c1nc2cc(-c3ccccc3C)ccc2o1. The average molecular weight is 428 g/mol. The molecule has 162 valence electrons. The van der Waals surface area contributed by atoms with Crippen LogP contribution in [-0.4, -0.2) is 29.6 Å². The second kappa shape index (κ2) is 8.38. The lowest BCUT2D eigenvalue weighted by atomic mass is 10.0. The number of methoxy groups -OCH3 is 1. The van der Waals surface area contributed by atoms with Crippen LogP contribution in [0.1, 0.15) is 30.3 Å². The van der Waals surface area contributed by atoms with Crippen LogP contribution in [0.5, 0.6) is 5.75 Å². The number of aryl methyl sites for hydroxylation is 1. The molecule has 1 aliphatic heterocycles. The highest BCUT2D eigenvalue weighted by Crippen LogP contribution is 2.35. The standard InChI is InChI=1S/C26H25N3O3/c1-17-8-3-4-9-19(17)18-13-14-24-21(16-18)27-25(32-24)22-11-7-15-29(22)26(30)28-20-10-5-6-12-23(20)31-2/h3-6,8-10,12-14,16,22H,7,11,15H2,1-2H3,(H,28,30)/t22-/m1/s1. The Hall–Kier alpha value is -3.80. The highest BCUT2D eigenvalue weighted by Gasteiger charge is 2.34. The third-order valence-electron chi connectivity index (χ3n) is 6.01. The number of amides is 2. The minimum absolute atomic E-state index is 0.181. The van der Waals surface area contributed by atoms with Crippen LogP contribution in [0.15, 0.2) is 71.1 Å². The Morgan fingerprint density at radius 3 is 2.78 bits per heavy atom. The first-order valence-electron chi connectivity index (χ1n) is 10.8. The zero-order valence-corrected chi connectivity index (χ0v) is 18.2. The molecule has 32 heavy (non-hydrogen) atoms. The molecule has 1 saturated heterocycles. The summed E-state index contributed by atoms with van der Waals surface area (Å²) in [6.45, 7) is 2.75. The van der Waals surface area contributed by atoms with E-state index in [2.05, 4.69) is 36.5 Å². The van der Waals surface area contributed by atoms with Crippen molar-refractivity contribution >= 4 is 22.8 Å². The van der Waals surface area contributed by atoms with Crippen molar-refractivity contribution in [3.8, 4) is 16.9 Å². The number of likely N-dealkylation sites (tertiary alicyclic amines) is 1. The number of benzene rings is 3. The maximum atomic E-state index is 13.0. The number of anilines is 1. The van der Waals surface area contributed by atoms with Crippen LogP contribution >= 0.6 is 0 Å². The number of hydrogen-bond donors (Lipinski definition) is 1. The fraction of sp³-hybridized carbons (Fsp3) is 0.231. The number of carbonyl (C=O) groups is 1. The zero-order valence-electron chi connectivity index (χ0n) is 18.2. The number of rotatable bonds is 4. The molecule has 4 aromatic rings. The van der Waals surface area contributed by atoms with Gasteiger partial charge in [0.1, 0.15) is 17.3 Å². The van der Waals surface area contributed by atoms with Crippen molar-refractivity contribution in [2.75, 3.05) is 19.0 Å². The second-order valence-electron chi connectivity index (χ2n) is 8.03. The first-order chi connectivity index (χ1) is 15.6. The van der Waals surface area contributed by atoms with Gasteiger partial charge in [0.2, 0.25) is 5.89 Å². The Morgan fingerprint density at radius 2 is 1.94 bits per heavy atom. The van der Waals surface area contributed by atoms with Crippen LogP contribution in [-0.2, 0) is 0 Å². The molecule has 0 saturated carbocycles. The Bertz CT molecular complexity index is 1280. The molecule has 0 unspecified atom stereocenters. The quantitative estimate of drug-likeness (QED) is 0.422. The fourth-order valence-corrected chi connectivity index (χ4v) is 4.35. The summed E-state index contributed by atoms with van der Waals surface area (Å²) in [5.74, 6) is 1.21. The molecule has 1 N–H and O–H groups in total. The van der Waals surface area contributed by atoms with Gasteiger partial charge >= 0.3 is 6.03 Å². The molecule has 0 spiro atoms. The predicted octanol–water partition coefficient (Wildman–Crippen LogP) is 6.18. The topological polar surface area (TPSA) is 67.6 Å². The minimum Gasteiger partial charge on any atom is -0.495 e. The van der Waals surface area contributed by atoms with Gasteiger partial charge in [0.25, 0.3) is 0 Å². The van der Waals surface area contributed by atoms with Gasteiger partial charge in [-0.2, -0.15) is 0 Å². The van der Waals surface area contributed by atoms with Gasteiger partial charge in [-0.25, -0.2) is 9.78 Å². The van der Waals surface area contributed by atoms with Crippen LogP contribution in [0.4, 0.5) is 10.5 Å². The smallest absolute Gasteiger partial charge is 0.322 e. The molecule has 0 radical (unpaired) electrons. The predicted molar refractivity (Wildman–Crippen MR) is 125 cm³/mol. The van der Waals surface area contributed by atoms with Crippen LogP contribution in [0.3, 0.4) is 0 Å². The normalized spacial score (nSPS) is 15.8. The minimum atomic E-state index is -0.195. The van der Waals surface area contributed by atoms with Gasteiger partial charge in [-0.1, -0.05) is 42.5 Å². The lowest BCUT2D eigenvalue weighted by Gasteiger charge is -2.23. The van der Waals surface area contributed by atoms with Gasteiger partial charge in [0, 0.05) is 6.54 Å². The summed E-state index contributed by atoms with van der Waals surface area (Å²) in [6.07, 6.45) is 1.72. The molecule has 1 aromatic heterocycles. The number of nitrogens with zero attached hydrogens (tertiary/aromatic N) is 2. The van der Waals surface area contributed by atoms with Crippen molar-refractivity contribution in [2.24, 2.45) is 0 Å². The number of hydrogen-bond acceptors (Lipinski definition) is 4. The van der Waals surface area contributed by atoms with E-state index in [9.17, 15) is 4.79 Å². The van der Waals surface area contributed by atoms with Crippen molar-refractivity contribution in [1.82, 2.24) is 9.88 Å². The molecule has 2 heterocycles. The molecular weight excluding hydrogens is 402 g/mol. The summed E-state index contributed by atoms with van der Waals surface area (Å²) in [7, 11) is 1.59. The number of ether oxygens (including phenoxy) is 1. The lowest BCUT2D eigenvalue weighted by molar-refractivity contribution is 0.198. The summed E-state index contributed by atoms with van der Waals surface area (Å²) in [4.78, 5) is 19.6. The number of carbonyl (C=O) groups excluding carboxylic acids is 1. The van der Waals surface area contributed by atoms with Crippen molar-refractivity contribution in [3.63, 3.8) is 0 Å². The summed E-state index contributed by atoms with van der Waals surface area (Å²) < 4.78 is 11.4. The number of nitrogens with one attached hydrogen (secondary N) is 1. The van der Waals surface area contributed by atoms with Gasteiger partial charge in [0.05, 0.1) is 12.8 Å². The molecule has 6 heteroatoms. The largest absolute Gasteiger partial charge is 0.495 e. The van der Waals surface area contributed by atoms with Gasteiger partial charge < -0.3 is 19.4 Å². The maximum Gasteiger partial charge on any atom is 0.322 e. The number of para-hydroxylation sites is 2. The molecule has 0 aliphatic carbocycles. The zero-order chi connectivity index (χ0) is 22.1. The van der Waals surface area contributed by atoms with Crippen LogP contribution in [0.2, 0.25) is 0 Å². The van der Waals surface area contributed by atoms with Crippen molar-refractivity contribution in [2.45, 2.75) is 25.8 Å². The van der Waals surface area contributed by atoms with E-state index in [1.165, 1.54) is 11.1 Å². The summed E-state index contributed by atoms with van der Waals surface area (Å²) in [5.41, 5.74) is 5.67. The van der Waals surface area contributed by atoms with E-state index in [0.29, 0.717) is 23.9 Å². The van der Waals surface area contributed by atoms with Crippen molar-refractivity contribution in [3.05, 3.63) is 78.2 Å². The van der Waals surface area contributed by atoms with E-state index in [4.69, 9.17) is 14.1 Å². The Morgan fingerprint density at radius 1 is 1.12 bits per heavy atom. The number of oxazole rings is 1. The molecule has 5 rings (SSSR count). The maximum absolute atomic E-state index is 13.0. The van der Waals surface area contributed by atoms with E-state index < -0.39 is 0 Å². The molecular formula is C26H25N3O3. The van der Waals surface area contributed by atoms with Crippen LogP contribution in [0.25, 0.3) is 22.2 Å². The number of urea groups is 1. The van der Waals surface area contributed by atoms with E-state index in [1.807, 2.05) is 42.5 Å². The highest BCUT2D eigenvalue weighted by atomic mass is 16.5. The first kappa shape index (κ1) is 20.1. The molecule has 3 aromatic carbocycles. The summed E-state index contributed by atoms with van der Waals surface area (Å²) in [5, 5.41) is 2.97. The third-order valence-corrected chi connectivity index (χ3v) is 6.01. The first-order valence-corrected chi connectivity index (χ1v) is 10.8. The molecule has 1 fully saturated rings. The van der Waals surface area contributed by atoms with E-state index in [-0.39, 0.29) is 12.1 Å². The summed E-state index contributed by atoms with van der Waals surface area (Å²) in [6, 6.07) is 21.4. The molecule has 1 atom stereocenters. The van der Waals surface area contributed by atoms with Crippen molar-refractivity contribution < 1.29 is 13.9 Å². The molecule has 6 nitrogen and oxygen atoms in total. The lowest BCUT2D eigenvalue weighted by Crippen LogP contribution is -2.34. The molecule has 1 aliphatic rings. The van der Waals surface area contributed by atoms with Crippen molar-refractivity contribution in [1.29, 1.82) is 0 Å². The molecule has 0 bridgehead atoms. The Kier molecular flexibility index (Phi) is 5.27. The van der Waals surface area contributed by atoms with Crippen LogP contribution in [0, 0.1) is 6.92 Å². The average Bonchev–Trinajstić information content (AvgIpc) is 3.46. The van der Waals surface area contributed by atoms with Gasteiger partial charge in [-0.3, -0.25) is 0 Å². The Labute approximate surface area is 186 Å². The van der Waals surface area contributed by atoms with Gasteiger partial charge in [-0.15, -0.1) is 0 Å². The molecule has 2 amide bonds. The Balaban J connectivity index is 1.41. The number of aromatic nitrogens is 1. The third kappa shape index (κ3) is 3.68. The van der Waals surface area contributed by atoms with Gasteiger partial charge in [0.15, 0.2) is 5.58 Å². The monoisotopic (exact) mass is 427 g/mol. The second-order valence-corrected chi connectivity index (χ2v) is 8.03. The fourth-order valence-electron chi connectivity index (χ4n) is 4.35.